The topological polar surface area (TPSA) is 139 Å². The molecular formula is C26H31N7O2. The van der Waals surface area contributed by atoms with Gasteiger partial charge in [0.1, 0.15) is 0 Å². The molecule has 0 spiro atoms. The quantitative estimate of drug-likeness (QED) is 0.431. The Kier molecular flexibility index (Phi) is 6.10. The molecule has 2 amide bonds. The average Bonchev–Trinajstić information content (AvgIpc) is 3.35. The molecule has 9 heteroatoms. The Morgan fingerprint density at radius 2 is 1.60 bits per heavy atom. The summed E-state index contributed by atoms with van der Waals surface area (Å²) in [6.45, 7) is 0. The van der Waals surface area contributed by atoms with Gasteiger partial charge < -0.3 is 16.4 Å². The summed E-state index contributed by atoms with van der Waals surface area (Å²) >= 11 is 0. The number of nitrogens with zero attached hydrogens (tertiary/aromatic N) is 3. The van der Waals surface area contributed by atoms with Gasteiger partial charge in [0, 0.05) is 31.3 Å². The first kappa shape index (κ1) is 23.2. The third-order valence-electron chi connectivity index (χ3n) is 7.80. The van der Waals surface area contributed by atoms with Gasteiger partial charge in [-0.05, 0) is 84.5 Å². The summed E-state index contributed by atoms with van der Waals surface area (Å²) in [7, 11) is 3.26. The number of rotatable bonds is 6. The highest BCUT2D eigenvalue weighted by atomic mass is 16.2. The number of benzene rings is 2. The molecule has 1 heterocycles. The molecule has 35 heavy (non-hydrogen) atoms. The van der Waals surface area contributed by atoms with Gasteiger partial charge in [0.05, 0.1) is 5.41 Å². The lowest BCUT2D eigenvalue weighted by Gasteiger charge is -2.40. The van der Waals surface area contributed by atoms with Crippen LogP contribution in [0.5, 0.6) is 0 Å². The lowest BCUT2D eigenvalue weighted by Crippen LogP contribution is -2.44. The number of nitrogens with one attached hydrogen (secondary N) is 3. The summed E-state index contributed by atoms with van der Waals surface area (Å²) in [4.78, 5) is 24.9. The fraction of sp³-hybridized carbons (Fsp3) is 0.423. The van der Waals surface area contributed by atoms with E-state index in [2.05, 4.69) is 31.3 Å². The van der Waals surface area contributed by atoms with Gasteiger partial charge >= 0.3 is 0 Å². The Morgan fingerprint density at radius 1 is 1.03 bits per heavy atom. The maximum atomic E-state index is 12.4. The highest BCUT2D eigenvalue weighted by Gasteiger charge is 2.47. The Morgan fingerprint density at radius 3 is 2.03 bits per heavy atom. The van der Waals surface area contributed by atoms with Crippen LogP contribution in [0.15, 0.2) is 36.4 Å². The monoisotopic (exact) mass is 473 g/mol. The highest BCUT2D eigenvalue weighted by molar-refractivity contribution is 5.95. The van der Waals surface area contributed by atoms with Crippen LogP contribution in [0.4, 0.5) is 0 Å². The molecule has 1 atom stereocenters. The zero-order chi connectivity index (χ0) is 24.6. The first-order valence-electron chi connectivity index (χ1n) is 12.2. The van der Waals surface area contributed by atoms with Gasteiger partial charge in [0.25, 0.3) is 11.8 Å². The molecular weight excluding hydrogens is 442 g/mol. The molecule has 182 valence electrons. The molecule has 1 saturated carbocycles. The van der Waals surface area contributed by atoms with Crippen molar-refractivity contribution in [1.29, 1.82) is 0 Å². The minimum absolute atomic E-state index is 0.0571. The Hall–Kier alpha value is -3.59. The number of carbonyl (C=O) groups excluding carboxylic acids is 2. The number of fused-ring (bicyclic) bond motifs is 2. The number of aryl methyl sites for hydroxylation is 2. The van der Waals surface area contributed by atoms with Gasteiger partial charge in [0.15, 0.2) is 5.82 Å². The van der Waals surface area contributed by atoms with Crippen molar-refractivity contribution >= 4 is 11.8 Å². The van der Waals surface area contributed by atoms with Crippen molar-refractivity contribution in [3.8, 4) is 0 Å². The second kappa shape index (κ2) is 9.22. The van der Waals surface area contributed by atoms with Crippen LogP contribution < -0.4 is 16.4 Å². The van der Waals surface area contributed by atoms with Gasteiger partial charge in [-0.1, -0.05) is 23.8 Å². The molecule has 2 aromatic carbocycles. The lowest BCUT2D eigenvalue weighted by molar-refractivity contribution is 0.0955. The first-order chi connectivity index (χ1) is 17.0. The van der Waals surface area contributed by atoms with E-state index in [9.17, 15) is 9.59 Å². The molecule has 5 rings (SSSR count). The van der Waals surface area contributed by atoms with Crippen LogP contribution >= 0.6 is 0 Å². The number of aromatic amines is 1. The van der Waals surface area contributed by atoms with E-state index in [-0.39, 0.29) is 17.9 Å². The highest BCUT2D eigenvalue weighted by Crippen LogP contribution is 2.48. The van der Waals surface area contributed by atoms with E-state index >= 15 is 0 Å². The third kappa shape index (κ3) is 3.89. The van der Waals surface area contributed by atoms with E-state index in [0.717, 1.165) is 35.1 Å². The maximum Gasteiger partial charge on any atom is 0.251 e. The minimum Gasteiger partial charge on any atom is -0.355 e. The molecule has 5 N–H and O–H groups in total. The van der Waals surface area contributed by atoms with Crippen LogP contribution in [0.25, 0.3) is 0 Å². The number of hydrogen-bond donors (Lipinski definition) is 4. The molecule has 9 nitrogen and oxygen atoms in total. The number of carbonyl (C=O) groups is 2. The molecule has 3 aromatic rings. The number of hydrogen-bond acceptors (Lipinski definition) is 6. The van der Waals surface area contributed by atoms with Crippen molar-refractivity contribution in [2.75, 3.05) is 14.1 Å². The molecule has 1 aromatic heterocycles. The van der Waals surface area contributed by atoms with Crippen LogP contribution in [0.2, 0.25) is 0 Å². The fourth-order valence-electron chi connectivity index (χ4n) is 5.70. The Labute approximate surface area is 204 Å². The largest absolute Gasteiger partial charge is 0.355 e. The standard InChI is InChI=1S/C26H31N7O2/c1-28-23(34)18-8-10-20-16(12-18)6-7-17-13-19(24(35)29-2)9-11-21(17)26(20,25-30-32-33-31-25)14-22(27)15-4-3-5-15/h8-13,15,22H,3-7,14,27H2,1-2H3,(H,28,34)(H,29,35)(H,30,31,32,33)/t22-/m1/s1. The molecule has 0 aliphatic heterocycles. The Bertz CT molecular complexity index is 1180. The van der Waals surface area contributed by atoms with E-state index in [0.29, 0.717) is 42.1 Å². The van der Waals surface area contributed by atoms with Crippen molar-refractivity contribution in [2.24, 2.45) is 11.7 Å². The number of nitrogens with two attached hydrogens (primary N) is 1. The summed E-state index contributed by atoms with van der Waals surface area (Å²) in [5.41, 5.74) is 11.5. The van der Waals surface area contributed by atoms with E-state index in [1.807, 2.05) is 36.4 Å². The third-order valence-corrected chi connectivity index (χ3v) is 7.80. The number of tetrazole rings is 1. The van der Waals surface area contributed by atoms with Crippen molar-refractivity contribution in [3.63, 3.8) is 0 Å². The molecule has 0 radical (unpaired) electrons. The average molecular weight is 474 g/mol. The van der Waals surface area contributed by atoms with Crippen molar-refractivity contribution in [1.82, 2.24) is 31.3 Å². The van der Waals surface area contributed by atoms with Gasteiger partial charge in [-0.3, -0.25) is 9.59 Å². The number of amides is 2. The lowest BCUT2D eigenvalue weighted by atomic mass is 9.64. The first-order valence-corrected chi connectivity index (χ1v) is 12.2. The second-order valence-corrected chi connectivity index (χ2v) is 9.60. The number of H-pyrrole nitrogens is 1. The smallest absolute Gasteiger partial charge is 0.251 e. The van der Waals surface area contributed by atoms with Crippen molar-refractivity contribution in [3.05, 3.63) is 75.6 Å². The summed E-state index contributed by atoms with van der Waals surface area (Å²) in [5, 5.41) is 21.0. The van der Waals surface area contributed by atoms with Crippen LogP contribution in [0.3, 0.4) is 0 Å². The van der Waals surface area contributed by atoms with Crippen molar-refractivity contribution < 1.29 is 9.59 Å². The van der Waals surface area contributed by atoms with Gasteiger partial charge in [-0.2, -0.15) is 5.21 Å². The van der Waals surface area contributed by atoms with Crippen LogP contribution in [0, 0.1) is 5.92 Å². The van der Waals surface area contributed by atoms with Crippen LogP contribution in [-0.4, -0.2) is 52.6 Å². The molecule has 0 bridgehead atoms. The minimum atomic E-state index is -0.758. The summed E-state index contributed by atoms with van der Waals surface area (Å²) in [6, 6.07) is 11.6. The molecule has 2 aliphatic rings. The predicted octanol–water partition coefficient (Wildman–Crippen LogP) is 1.87. The molecule has 0 unspecified atom stereocenters. The van der Waals surface area contributed by atoms with Gasteiger partial charge in [0.2, 0.25) is 0 Å². The van der Waals surface area contributed by atoms with Crippen LogP contribution in [-0.2, 0) is 18.3 Å². The normalized spacial score (nSPS) is 17.3. The van der Waals surface area contributed by atoms with Crippen LogP contribution in [0.1, 0.15) is 74.5 Å². The molecule has 1 fully saturated rings. The predicted molar refractivity (Wildman–Crippen MR) is 131 cm³/mol. The Balaban J connectivity index is 1.76. The summed E-state index contributed by atoms with van der Waals surface area (Å²) < 4.78 is 0. The van der Waals surface area contributed by atoms with E-state index in [1.165, 1.54) is 6.42 Å². The van der Waals surface area contributed by atoms with E-state index in [1.54, 1.807) is 14.1 Å². The van der Waals surface area contributed by atoms with Crippen molar-refractivity contribution in [2.45, 2.75) is 50.0 Å². The maximum absolute atomic E-state index is 12.4. The zero-order valence-corrected chi connectivity index (χ0v) is 20.1. The zero-order valence-electron chi connectivity index (χ0n) is 20.1. The summed E-state index contributed by atoms with van der Waals surface area (Å²) in [5.74, 6) is 0.738. The summed E-state index contributed by atoms with van der Waals surface area (Å²) in [6.07, 6.45) is 5.47. The SMILES string of the molecule is CNC(=O)c1ccc2c(c1)CCc1cc(C(=O)NC)ccc1C2(C[C@@H](N)C1CCC1)c1nn[nH]n1. The molecule has 0 saturated heterocycles. The second-order valence-electron chi connectivity index (χ2n) is 9.60. The van der Waals surface area contributed by atoms with Gasteiger partial charge in [-0.15, -0.1) is 10.2 Å². The van der Waals surface area contributed by atoms with Gasteiger partial charge in [-0.25, -0.2) is 0 Å². The van der Waals surface area contributed by atoms with E-state index < -0.39 is 5.41 Å². The van der Waals surface area contributed by atoms with E-state index in [4.69, 9.17) is 5.73 Å². The molecule has 2 aliphatic carbocycles. The number of aromatic nitrogens is 4. The fourth-order valence-corrected chi connectivity index (χ4v) is 5.70.